The number of hydrogen-bond donors (Lipinski definition) is 2. The van der Waals surface area contributed by atoms with Crippen LogP contribution in [0.15, 0.2) is 18.2 Å². The molecule has 5 nitrogen and oxygen atoms in total. The number of aliphatic carboxylic acids is 1. The van der Waals surface area contributed by atoms with Crippen LogP contribution in [0.2, 0.25) is 0 Å². The molecular formula is C14H21NO4. The minimum Gasteiger partial charge on any atom is -0.497 e. The maximum absolute atomic E-state index is 11.1. The van der Waals surface area contributed by atoms with E-state index in [4.69, 9.17) is 20.3 Å². The molecule has 1 rings (SSSR count). The van der Waals surface area contributed by atoms with Gasteiger partial charge in [0.15, 0.2) is 0 Å². The van der Waals surface area contributed by atoms with Gasteiger partial charge in [0.25, 0.3) is 0 Å². The smallest absolute Gasteiger partial charge is 0.309 e. The summed E-state index contributed by atoms with van der Waals surface area (Å²) in [6, 6.07) is 4.92. The van der Waals surface area contributed by atoms with Crippen molar-refractivity contribution >= 4 is 5.97 Å². The molecule has 1 aromatic carbocycles. The first kappa shape index (κ1) is 15.3. The molecule has 0 saturated heterocycles. The zero-order chi connectivity index (χ0) is 14.6. The molecule has 0 aromatic heterocycles. The zero-order valence-corrected chi connectivity index (χ0v) is 11.8. The molecule has 1 atom stereocenters. The lowest BCUT2D eigenvalue weighted by molar-refractivity contribution is -0.147. The van der Waals surface area contributed by atoms with Crippen LogP contribution in [0, 0.1) is 5.41 Å². The quantitative estimate of drug-likeness (QED) is 0.825. The Morgan fingerprint density at radius 3 is 2.47 bits per heavy atom. The van der Waals surface area contributed by atoms with E-state index < -0.39 is 17.4 Å². The van der Waals surface area contributed by atoms with Gasteiger partial charge in [0, 0.05) is 17.7 Å². The first-order chi connectivity index (χ1) is 8.81. The van der Waals surface area contributed by atoms with E-state index in [2.05, 4.69) is 0 Å². The van der Waals surface area contributed by atoms with Gasteiger partial charge < -0.3 is 20.3 Å². The van der Waals surface area contributed by atoms with E-state index in [0.29, 0.717) is 17.9 Å². The van der Waals surface area contributed by atoms with Gasteiger partial charge in [-0.2, -0.15) is 0 Å². The monoisotopic (exact) mass is 267 g/mol. The lowest BCUT2D eigenvalue weighted by Gasteiger charge is -2.24. The largest absolute Gasteiger partial charge is 0.497 e. The Morgan fingerprint density at radius 2 is 2.00 bits per heavy atom. The summed E-state index contributed by atoms with van der Waals surface area (Å²) in [6.45, 7) is 3.32. The SMILES string of the molecule is COc1ccc(C(N)CC(C)(C)C(=O)O)c(OC)c1. The summed E-state index contributed by atoms with van der Waals surface area (Å²) in [4.78, 5) is 11.1. The van der Waals surface area contributed by atoms with Gasteiger partial charge in [-0.05, 0) is 26.3 Å². The Bertz CT molecular complexity index is 457. The molecule has 0 aliphatic carbocycles. The molecule has 0 heterocycles. The lowest BCUT2D eigenvalue weighted by atomic mass is 9.84. The van der Waals surface area contributed by atoms with Crippen molar-refractivity contribution in [1.29, 1.82) is 0 Å². The molecule has 5 heteroatoms. The molecule has 19 heavy (non-hydrogen) atoms. The Kier molecular flexibility index (Phi) is 4.78. The van der Waals surface area contributed by atoms with Crippen molar-refractivity contribution < 1.29 is 19.4 Å². The maximum Gasteiger partial charge on any atom is 0.309 e. The summed E-state index contributed by atoms with van der Waals surface area (Å²) < 4.78 is 10.4. The molecule has 0 spiro atoms. The van der Waals surface area contributed by atoms with E-state index in [0.717, 1.165) is 5.56 Å². The molecule has 0 aliphatic heterocycles. The van der Waals surface area contributed by atoms with Gasteiger partial charge in [0.05, 0.1) is 19.6 Å². The highest BCUT2D eigenvalue weighted by atomic mass is 16.5. The number of carboxylic acids is 1. The topological polar surface area (TPSA) is 81.8 Å². The predicted octanol–water partition coefficient (Wildman–Crippen LogP) is 2.20. The van der Waals surface area contributed by atoms with Crippen LogP contribution in [0.5, 0.6) is 11.5 Å². The van der Waals surface area contributed by atoms with Crippen LogP contribution in [-0.2, 0) is 4.79 Å². The Labute approximate surface area is 113 Å². The first-order valence-electron chi connectivity index (χ1n) is 6.02. The van der Waals surface area contributed by atoms with E-state index in [1.807, 2.05) is 0 Å². The molecule has 1 unspecified atom stereocenters. The fourth-order valence-corrected chi connectivity index (χ4v) is 1.87. The molecule has 0 amide bonds. The van der Waals surface area contributed by atoms with E-state index in [1.165, 1.54) is 0 Å². The van der Waals surface area contributed by atoms with E-state index >= 15 is 0 Å². The first-order valence-corrected chi connectivity index (χ1v) is 6.02. The second kappa shape index (κ2) is 5.93. The normalized spacial score (nSPS) is 12.9. The van der Waals surface area contributed by atoms with E-state index in [1.54, 1.807) is 46.3 Å². The minimum absolute atomic E-state index is 0.324. The summed E-state index contributed by atoms with van der Waals surface area (Å²) in [5.41, 5.74) is 5.99. The number of ether oxygens (including phenoxy) is 2. The third-order valence-corrected chi connectivity index (χ3v) is 3.15. The lowest BCUT2D eigenvalue weighted by Crippen LogP contribution is -2.29. The number of rotatable bonds is 6. The third-order valence-electron chi connectivity index (χ3n) is 3.15. The second-order valence-corrected chi connectivity index (χ2v) is 5.11. The highest BCUT2D eigenvalue weighted by Crippen LogP contribution is 2.34. The Morgan fingerprint density at radius 1 is 1.37 bits per heavy atom. The molecule has 1 aromatic rings. The second-order valence-electron chi connectivity index (χ2n) is 5.11. The summed E-state index contributed by atoms with van der Waals surface area (Å²) in [5, 5.41) is 9.14. The van der Waals surface area contributed by atoms with Crippen LogP contribution < -0.4 is 15.2 Å². The van der Waals surface area contributed by atoms with Crippen LogP contribution in [0.25, 0.3) is 0 Å². The van der Waals surface area contributed by atoms with E-state index in [-0.39, 0.29) is 0 Å². The van der Waals surface area contributed by atoms with Gasteiger partial charge in [-0.25, -0.2) is 0 Å². The molecule has 0 fully saturated rings. The fourth-order valence-electron chi connectivity index (χ4n) is 1.87. The van der Waals surface area contributed by atoms with Crippen molar-refractivity contribution in [3.05, 3.63) is 23.8 Å². The molecule has 3 N–H and O–H groups in total. The van der Waals surface area contributed by atoms with Crippen molar-refractivity contribution in [2.24, 2.45) is 11.1 Å². The summed E-state index contributed by atoms with van der Waals surface area (Å²) >= 11 is 0. The average Bonchev–Trinajstić information content (AvgIpc) is 2.37. The summed E-state index contributed by atoms with van der Waals surface area (Å²) in [5.74, 6) is 0.411. The van der Waals surface area contributed by atoms with Crippen LogP contribution in [-0.4, -0.2) is 25.3 Å². The fraction of sp³-hybridized carbons (Fsp3) is 0.500. The van der Waals surface area contributed by atoms with Crippen LogP contribution in [0.1, 0.15) is 31.9 Å². The maximum atomic E-state index is 11.1. The standard InChI is InChI=1S/C14H21NO4/c1-14(2,13(16)17)8-11(15)10-6-5-9(18-3)7-12(10)19-4/h5-7,11H,8,15H2,1-4H3,(H,16,17). The number of methoxy groups -OCH3 is 2. The number of hydrogen-bond acceptors (Lipinski definition) is 4. The highest BCUT2D eigenvalue weighted by Gasteiger charge is 2.30. The summed E-state index contributed by atoms with van der Waals surface area (Å²) in [7, 11) is 3.12. The Balaban J connectivity index is 2.99. The van der Waals surface area contributed by atoms with Crippen LogP contribution >= 0.6 is 0 Å². The molecule has 0 bridgehead atoms. The van der Waals surface area contributed by atoms with Gasteiger partial charge in [-0.15, -0.1) is 0 Å². The van der Waals surface area contributed by atoms with Crippen molar-refractivity contribution in [2.45, 2.75) is 26.3 Å². The van der Waals surface area contributed by atoms with Gasteiger partial charge in [-0.1, -0.05) is 6.07 Å². The van der Waals surface area contributed by atoms with Crippen LogP contribution in [0.4, 0.5) is 0 Å². The Hall–Kier alpha value is -1.75. The molecule has 0 radical (unpaired) electrons. The number of carboxylic acid groups (broad SMARTS) is 1. The van der Waals surface area contributed by atoms with Gasteiger partial charge in [0.1, 0.15) is 11.5 Å². The molecular weight excluding hydrogens is 246 g/mol. The van der Waals surface area contributed by atoms with Crippen LogP contribution in [0.3, 0.4) is 0 Å². The third kappa shape index (κ3) is 3.61. The van der Waals surface area contributed by atoms with Crippen molar-refractivity contribution in [3.63, 3.8) is 0 Å². The van der Waals surface area contributed by atoms with Crippen molar-refractivity contribution in [3.8, 4) is 11.5 Å². The summed E-state index contributed by atoms with van der Waals surface area (Å²) in [6.07, 6.45) is 0.324. The molecule has 0 saturated carbocycles. The average molecular weight is 267 g/mol. The van der Waals surface area contributed by atoms with Crippen molar-refractivity contribution in [2.75, 3.05) is 14.2 Å². The minimum atomic E-state index is -0.885. The van der Waals surface area contributed by atoms with Gasteiger partial charge in [0.2, 0.25) is 0 Å². The zero-order valence-electron chi connectivity index (χ0n) is 11.8. The molecule has 106 valence electrons. The number of nitrogens with two attached hydrogens (primary N) is 1. The van der Waals surface area contributed by atoms with Crippen molar-refractivity contribution in [1.82, 2.24) is 0 Å². The van der Waals surface area contributed by atoms with Gasteiger partial charge in [-0.3, -0.25) is 4.79 Å². The van der Waals surface area contributed by atoms with Gasteiger partial charge >= 0.3 is 5.97 Å². The molecule has 0 aliphatic rings. The highest BCUT2D eigenvalue weighted by molar-refractivity contribution is 5.73. The number of benzene rings is 1. The number of carbonyl (C=O) groups is 1. The van der Waals surface area contributed by atoms with E-state index in [9.17, 15) is 4.79 Å². The predicted molar refractivity (Wildman–Crippen MR) is 72.5 cm³/mol.